The molecule has 0 bridgehead atoms. The number of esters is 1. The predicted octanol–water partition coefficient (Wildman–Crippen LogP) is 2.42. The van der Waals surface area contributed by atoms with Gasteiger partial charge in [0.25, 0.3) is 0 Å². The molecule has 0 amide bonds. The van der Waals surface area contributed by atoms with Crippen LogP contribution >= 0.6 is 11.3 Å². The summed E-state index contributed by atoms with van der Waals surface area (Å²) in [6.45, 7) is 5.45. The zero-order valence-electron chi connectivity index (χ0n) is 10.5. The van der Waals surface area contributed by atoms with Gasteiger partial charge in [-0.1, -0.05) is 11.3 Å². The second-order valence-electron chi connectivity index (χ2n) is 4.97. The van der Waals surface area contributed by atoms with Gasteiger partial charge in [0, 0.05) is 0 Å². The molecular weight excluding hydrogens is 250 g/mol. The third-order valence-electron chi connectivity index (χ3n) is 2.18. The van der Waals surface area contributed by atoms with E-state index in [0.29, 0.717) is 21.9 Å². The average Bonchev–Trinajstić information content (AvgIpc) is 2.56. The Labute approximate surface area is 109 Å². The van der Waals surface area contributed by atoms with Crippen LogP contribution < -0.4 is 11.5 Å². The first-order valence-electron chi connectivity index (χ1n) is 5.45. The fourth-order valence-corrected chi connectivity index (χ4v) is 2.34. The van der Waals surface area contributed by atoms with Crippen molar-refractivity contribution in [2.24, 2.45) is 0 Å². The molecule has 1 aromatic carbocycles. The normalized spacial score (nSPS) is 11.7. The van der Waals surface area contributed by atoms with Crippen molar-refractivity contribution in [2.45, 2.75) is 26.4 Å². The van der Waals surface area contributed by atoms with Crippen molar-refractivity contribution in [3.8, 4) is 0 Å². The fraction of sp³-hybridized carbons (Fsp3) is 0.333. The molecule has 0 unspecified atom stereocenters. The van der Waals surface area contributed by atoms with Crippen molar-refractivity contribution in [3.05, 3.63) is 17.7 Å². The number of aromatic nitrogens is 1. The Morgan fingerprint density at radius 1 is 1.33 bits per heavy atom. The van der Waals surface area contributed by atoms with E-state index in [9.17, 15) is 4.79 Å². The molecule has 5 nitrogen and oxygen atoms in total. The molecule has 96 valence electrons. The zero-order chi connectivity index (χ0) is 13.5. The first-order valence-corrected chi connectivity index (χ1v) is 6.27. The molecule has 4 N–H and O–H groups in total. The first-order chi connectivity index (χ1) is 8.26. The van der Waals surface area contributed by atoms with Crippen LogP contribution in [0, 0.1) is 0 Å². The zero-order valence-corrected chi connectivity index (χ0v) is 11.3. The summed E-state index contributed by atoms with van der Waals surface area (Å²) in [5.74, 6) is -0.400. The smallest absolute Gasteiger partial charge is 0.338 e. The van der Waals surface area contributed by atoms with Crippen LogP contribution in [0.1, 0.15) is 31.1 Å². The van der Waals surface area contributed by atoms with Crippen LogP contribution in [0.3, 0.4) is 0 Å². The summed E-state index contributed by atoms with van der Waals surface area (Å²) in [6.07, 6.45) is 0. The Bertz CT molecular complexity index is 614. The molecule has 2 rings (SSSR count). The number of anilines is 2. The minimum atomic E-state index is -0.534. The van der Waals surface area contributed by atoms with Crippen molar-refractivity contribution < 1.29 is 9.53 Å². The van der Waals surface area contributed by atoms with Crippen LogP contribution in [0.5, 0.6) is 0 Å². The Morgan fingerprint density at radius 3 is 2.61 bits per heavy atom. The molecule has 2 aromatic rings. The average molecular weight is 265 g/mol. The standard InChI is InChI=1S/C12H15N3O2S/c1-12(2,3)17-10(16)6-4-7(13)9-8(5-6)18-11(14)15-9/h4-5H,13H2,1-3H3,(H2,14,15). The molecule has 1 aromatic heterocycles. The Balaban J connectivity index is 2.43. The van der Waals surface area contributed by atoms with Gasteiger partial charge in [0.1, 0.15) is 11.1 Å². The molecule has 0 aliphatic carbocycles. The lowest BCUT2D eigenvalue weighted by Crippen LogP contribution is -2.23. The van der Waals surface area contributed by atoms with Gasteiger partial charge in [0.05, 0.1) is 16.0 Å². The van der Waals surface area contributed by atoms with Gasteiger partial charge in [-0.2, -0.15) is 0 Å². The maximum absolute atomic E-state index is 11.9. The number of nitrogens with two attached hydrogens (primary N) is 2. The van der Waals surface area contributed by atoms with Crippen LogP contribution in [0.2, 0.25) is 0 Å². The maximum atomic E-state index is 11.9. The largest absolute Gasteiger partial charge is 0.456 e. The van der Waals surface area contributed by atoms with Gasteiger partial charge >= 0.3 is 5.97 Å². The van der Waals surface area contributed by atoms with Gasteiger partial charge in [0.15, 0.2) is 5.13 Å². The quantitative estimate of drug-likeness (QED) is 0.610. The lowest BCUT2D eigenvalue weighted by molar-refractivity contribution is 0.00698. The molecule has 0 atom stereocenters. The van der Waals surface area contributed by atoms with Crippen molar-refractivity contribution in [1.82, 2.24) is 4.98 Å². The van der Waals surface area contributed by atoms with Crippen LogP contribution in [-0.4, -0.2) is 16.6 Å². The molecule has 0 radical (unpaired) electrons. The second kappa shape index (κ2) is 4.13. The number of hydrogen-bond acceptors (Lipinski definition) is 6. The van der Waals surface area contributed by atoms with Gasteiger partial charge in [-0.15, -0.1) is 0 Å². The number of ether oxygens (including phenoxy) is 1. The van der Waals surface area contributed by atoms with E-state index in [0.717, 1.165) is 4.70 Å². The van der Waals surface area contributed by atoms with E-state index in [-0.39, 0.29) is 0 Å². The highest BCUT2D eigenvalue weighted by Gasteiger charge is 2.19. The summed E-state index contributed by atoms with van der Waals surface area (Å²) in [7, 11) is 0. The number of carbonyl (C=O) groups is 1. The van der Waals surface area contributed by atoms with Gasteiger partial charge in [-0.3, -0.25) is 0 Å². The van der Waals surface area contributed by atoms with Gasteiger partial charge in [-0.25, -0.2) is 9.78 Å². The monoisotopic (exact) mass is 265 g/mol. The minimum Gasteiger partial charge on any atom is -0.456 e. The van der Waals surface area contributed by atoms with Crippen molar-refractivity contribution >= 4 is 38.3 Å². The number of rotatable bonds is 1. The predicted molar refractivity (Wildman–Crippen MR) is 73.6 cm³/mol. The number of benzene rings is 1. The first kappa shape index (κ1) is 12.6. The van der Waals surface area contributed by atoms with Gasteiger partial charge < -0.3 is 16.2 Å². The lowest BCUT2D eigenvalue weighted by Gasteiger charge is -2.19. The summed E-state index contributed by atoms with van der Waals surface area (Å²) in [4.78, 5) is 16.0. The summed E-state index contributed by atoms with van der Waals surface area (Å²) >= 11 is 1.29. The summed E-state index contributed by atoms with van der Waals surface area (Å²) in [5, 5.41) is 0.429. The highest BCUT2D eigenvalue weighted by molar-refractivity contribution is 7.22. The summed E-state index contributed by atoms with van der Waals surface area (Å²) in [5.41, 5.74) is 12.4. The van der Waals surface area contributed by atoms with Crippen LogP contribution in [0.15, 0.2) is 12.1 Å². The molecule has 0 saturated heterocycles. The van der Waals surface area contributed by atoms with E-state index < -0.39 is 11.6 Å². The Kier molecular flexibility index (Phi) is 2.90. The fourth-order valence-electron chi connectivity index (χ4n) is 1.53. The van der Waals surface area contributed by atoms with E-state index in [1.807, 2.05) is 20.8 Å². The van der Waals surface area contributed by atoms with E-state index in [1.54, 1.807) is 12.1 Å². The lowest BCUT2D eigenvalue weighted by atomic mass is 10.1. The molecule has 18 heavy (non-hydrogen) atoms. The Morgan fingerprint density at radius 2 is 2.00 bits per heavy atom. The highest BCUT2D eigenvalue weighted by atomic mass is 32.1. The number of fused-ring (bicyclic) bond motifs is 1. The highest BCUT2D eigenvalue weighted by Crippen LogP contribution is 2.30. The number of nitrogens with zero attached hydrogens (tertiary/aromatic N) is 1. The van der Waals surface area contributed by atoms with Crippen molar-refractivity contribution in [3.63, 3.8) is 0 Å². The van der Waals surface area contributed by atoms with Crippen LogP contribution in [-0.2, 0) is 4.74 Å². The molecule has 0 aliphatic heterocycles. The molecular formula is C12H15N3O2S. The summed E-state index contributed by atoms with van der Waals surface area (Å²) < 4.78 is 6.08. The molecule has 6 heteroatoms. The molecule has 1 heterocycles. The van der Waals surface area contributed by atoms with Crippen molar-refractivity contribution in [1.29, 1.82) is 0 Å². The molecule has 0 fully saturated rings. The Hall–Kier alpha value is -1.82. The van der Waals surface area contributed by atoms with E-state index in [4.69, 9.17) is 16.2 Å². The third kappa shape index (κ3) is 2.53. The van der Waals surface area contributed by atoms with Gasteiger partial charge in [-0.05, 0) is 32.9 Å². The SMILES string of the molecule is CC(C)(C)OC(=O)c1cc(N)c2nc(N)sc2c1. The molecule has 0 spiro atoms. The van der Waals surface area contributed by atoms with E-state index in [2.05, 4.69) is 4.98 Å². The maximum Gasteiger partial charge on any atom is 0.338 e. The summed E-state index contributed by atoms with van der Waals surface area (Å²) in [6, 6.07) is 3.27. The molecule has 0 aliphatic rings. The topological polar surface area (TPSA) is 91.2 Å². The molecule has 0 saturated carbocycles. The van der Waals surface area contributed by atoms with Crippen LogP contribution in [0.25, 0.3) is 10.2 Å². The van der Waals surface area contributed by atoms with E-state index in [1.165, 1.54) is 11.3 Å². The third-order valence-corrected chi connectivity index (χ3v) is 3.01. The number of hydrogen-bond donors (Lipinski definition) is 2. The number of nitrogen functional groups attached to an aromatic ring is 2. The van der Waals surface area contributed by atoms with E-state index >= 15 is 0 Å². The number of thiazole rings is 1. The minimum absolute atomic E-state index is 0.400. The van der Waals surface area contributed by atoms with Crippen LogP contribution in [0.4, 0.5) is 10.8 Å². The van der Waals surface area contributed by atoms with Gasteiger partial charge in [0.2, 0.25) is 0 Å². The van der Waals surface area contributed by atoms with Crippen molar-refractivity contribution in [2.75, 3.05) is 11.5 Å². The number of carbonyl (C=O) groups excluding carboxylic acids is 1. The second-order valence-corrected chi connectivity index (χ2v) is 6.03.